The Morgan fingerprint density at radius 1 is 1.35 bits per heavy atom. The van der Waals surface area contributed by atoms with E-state index in [9.17, 15) is 8.76 Å². The molecule has 0 heterocycles. The molecule has 1 aromatic carbocycles. The van der Waals surface area contributed by atoms with Crippen molar-refractivity contribution in [3.63, 3.8) is 0 Å². The predicted octanol–water partition coefficient (Wildman–Crippen LogP) is 2.30. The lowest BCUT2D eigenvalue weighted by Crippen LogP contribution is -2.20. The van der Waals surface area contributed by atoms with Gasteiger partial charge in [-0.3, -0.25) is 4.21 Å². The zero-order valence-electron chi connectivity index (χ0n) is 10.5. The summed E-state index contributed by atoms with van der Waals surface area (Å²) in [5.41, 5.74) is 4.61. The van der Waals surface area contributed by atoms with Crippen molar-refractivity contribution in [3.05, 3.63) is 28.8 Å². The van der Waals surface area contributed by atoms with Crippen LogP contribution in [-0.2, 0) is 17.5 Å². The van der Waals surface area contributed by atoms with Gasteiger partial charge >= 0.3 is 0 Å². The average Bonchev–Trinajstić information content (AvgIpc) is 3.04. The molecule has 1 saturated carbocycles. The number of anilines is 1. The fourth-order valence-corrected chi connectivity index (χ4v) is 2.98. The first-order chi connectivity index (χ1) is 7.98. The van der Waals surface area contributed by atoms with Crippen molar-refractivity contribution in [2.24, 2.45) is 0 Å². The Kier molecular flexibility index (Phi) is 3.27. The van der Waals surface area contributed by atoms with E-state index in [-0.39, 0.29) is 0 Å². The molecule has 1 fully saturated rings. The molecule has 1 N–H and O–H groups in total. The van der Waals surface area contributed by atoms with Gasteiger partial charge in [0.2, 0.25) is 0 Å². The van der Waals surface area contributed by atoms with Gasteiger partial charge in [-0.15, -0.1) is 0 Å². The summed E-state index contributed by atoms with van der Waals surface area (Å²) in [6.07, 6.45) is 2.26. The summed E-state index contributed by atoms with van der Waals surface area (Å²) < 4.78 is 22.0. The Morgan fingerprint density at radius 3 is 2.24 bits per heavy atom. The highest BCUT2D eigenvalue weighted by atomic mass is 32.2. The molecule has 0 saturated heterocycles. The summed E-state index contributed by atoms with van der Waals surface area (Å²) in [6.45, 7) is 4.10. The molecule has 1 atom stereocenters. The first-order valence-corrected chi connectivity index (χ1v) is 6.93. The molecule has 0 amide bonds. The van der Waals surface area contributed by atoms with E-state index in [4.69, 9.17) is 0 Å². The van der Waals surface area contributed by atoms with Crippen LogP contribution in [0.5, 0.6) is 0 Å². The van der Waals surface area contributed by atoms with Crippen LogP contribution in [0.2, 0.25) is 0 Å². The molecule has 3 nitrogen and oxygen atoms in total. The van der Waals surface area contributed by atoms with E-state index in [1.165, 1.54) is 16.7 Å². The topological polar surface area (TPSA) is 52.2 Å². The molecule has 0 aliphatic heterocycles. The number of nitrogens with one attached hydrogen (secondary N) is 1. The zero-order chi connectivity index (χ0) is 12.6. The summed E-state index contributed by atoms with van der Waals surface area (Å²) in [4.78, 5) is 0. The predicted molar refractivity (Wildman–Crippen MR) is 70.1 cm³/mol. The summed E-state index contributed by atoms with van der Waals surface area (Å²) in [5, 5.41) is 3.12. The Labute approximate surface area is 105 Å². The molecule has 0 spiro atoms. The van der Waals surface area contributed by atoms with E-state index >= 15 is 0 Å². The van der Waals surface area contributed by atoms with Gasteiger partial charge in [-0.25, -0.2) is 0 Å². The second kappa shape index (κ2) is 4.42. The van der Waals surface area contributed by atoms with E-state index in [2.05, 4.69) is 17.4 Å². The van der Waals surface area contributed by atoms with Crippen molar-refractivity contribution in [1.82, 2.24) is 0 Å². The molecule has 0 bridgehead atoms. The minimum absolute atomic E-state index is 0.476. The van der Waals surface area contributed by atoms with E-state index in [0.29, 0.717) is 6.42 Å². The molecule has 0 radical (unpaired) electrons. The van der Waals surface area contributed by atoms with Crippen molar-refractivity contribution in [3.8, 4) is 0 Å². The standard InChI is InChI=1S/C13H19NO2S/c1-9-6-11(14-3)7-10(2)12(9)8-13(4-5-13)17(15)16/h6-7,14H,4-5,8H2,1-3H3,(H,15,16)/p-1. The molecule has 4 heteroatoms. The SMILES string of the molecule is CNc1cc(C)c(CC2(S(=O)[O-])CC2)c(C)c1. The molecular weight excluding hydrogens is 234 g/mol. The lowest BCUT2D eigenvalue weighted by atomic mass is 9.97. The van der Waals surface area contributed by atoms with Crippen LogP contribution in [0.4, 0.5) is 5.69 Å². The summed E-state index contributed by atoms with van der Waals surface area (Å²) in [7, 11) is 1.89. The van der Waals surface area contributed by atoms with E-state index < -0.39 is 15.8 Å². The second-order valence-corrected chi connectivity index (χ2v) is 6.27. The van der Waals surface area contributed by atoms with Gasteiger partial charge in [-0.1, -0.05) is 0 Å². The number of hydrogen-bond acceptors (Lipinski definition) is 3. The number of rotatable bonds is 4. The van der Waals surface area contributed by atoms with Gasteiger partial charge in [0, 0.05) is 17.5 Å². The minimum Gasteiger partial charge on any atom is -0.772 e. The highest BCUT2D eigenvalue weighted by Crippen LogP contribution is 2.44. The summed E-state index contributed by atoms with van der Waals surface area (Å²) in [6, 6.07) is 4.15. The summed E-state index contributed by atoms with van der Waals surface area (Å²) in [5.74, 6) is 0. The maximum atomic E-state index is 11.2. The van der Waals surface area contributed by atoms with Gasteiger partial charge in [0.05, 0.1) is 0 Å². The maximum Gasteiger partial charge on any atom is 0.0369 e. The molecule has 94 valence electrons. The third-order valence-corrected chi connectivity index (χ3v) is 4.90. The smallest absolute Gasteiger partial charge is 0.0369 e. The third-order valence-electron chi connectivity index (χ3n) is 3.64. The van der Waals surface area contributed by atoms with Crippen molar-refractivity contribution in [2.45, 2.75) is 37.9 Å². The van der Waals surface area contributed by atoms with E-state index in [1.807, 2.05) is 20.9 Å². The maximum absolute atomic E-state index is 11.2. The number of aryl methyl sites for hydroxylation is 2. The first kappa shape index (κ1) is 12.6. The van der Waals surface area contributed by atoms with E-state index in [0.717, 1.165) is 18.5 Å². The molecule has 1 aliphatic rings. The van der Waals surface area contributed by atoms with E-state index in [1.54, 1.807) is 0 Å². The van der Waals surface area contributed by atoms with Gasteiger partial charge in [0.1, 0.15) is 0 Å². The lowest BCUT2D eigenvalue weighted by Gasteiger charge is -2.21. The quantitative estimate of drug-likeness (QED) is 0.837. The fraction of sp³-hybridized carbons (Fsp3) is 0.538. The van der Waals surface area contributed by atoms with Gasteiger partial charge in [0.15, 0.2) is 0 Å². The Balaban J connectivity index is 2.31. The van der Waals surface area contributed by atoms with Crippen LogP contribution in [0, 0.1) is 13.8 Å². The Bertz CT molecular complexity index is 443. The first-order valence-electron chi connectivity index (χ1n) is 5.86. The van der Waals surface area contributed by atoms with Gasteiger partial charge in [-0.2, -0.15) is 0 Å². The average molecular weight is 252 g/mol. The fourth-order valence-electron chi connectivity index (χ4n) is 2.28. The molecular formula is C13H18NO2S-. The van der Waals surface area contributed by atoms with Crippen LogP contribution >= 0.6 is 0 Å². The molecule has 17 heavy (non-hydrogen) atoms. The van der Waals surface area contributed by atoms with Crippen LogP contribution in [0.1, 0.15) is 29.5 Å². The molecule has 2 rings (SSSR count). The van der Waals surface area contributed by atoms with Crippen molar-refractivity contribution in [2.75, 3.05) is 12.4 Å². The number of benzene rings is 1. The van der Waals surface area contributed by atoms with Crippen LogP contribution in [0.15, 0.2) is 12.1 Å². The zero-order valence-corrected chi connectivity index (χ0v) is 11.3. The number of hydrogen-bond donors (Lipinski definition) is 1. The van der Waals surface area contributed by atoms with Crippen molar-refractivity contribution in [1.29, 1.82) is 0 Å². The Morgan fingerprint density at radius 2 is 1.88 bits per heavy atom. The van der Waals surface area contributed by atoms with Crippen molar-refractivity contribution < 1.29 is 8.76 Å². The highest BCUT2D eigenvalue weighted by Gasteiger charge is 2.44. The highest BCUT2D eigenvalue weighted by molar-refractivity contribution is 7.81. The third kappa shape index (κ3) is 2.38. The second-order valence-electron chi connectivity index (χ2n) is 4.93. The summed E-state index contributed by atoms with van der Waals surface area (Å²) >= 11 is -1.95. The lowest BCUT2D eigenvalue weighted by molar-refractivity contribution is 0.517. The van der Waals surface area contributed by atoms with Gasteiger partial charge in [-0.05, 0) is 73.0 Å². The van der Waals surface area contributed by atoms with Crippen LogP contribution in [-0.4, -0.2) is 20.6 Å². The largest absolute Gasteiger partial charge is 0.772 e. The van der Waals surface area contributed by atoms with Crippen molar-refractivity contribution >= 4 is 16.8 Å². The minimum atomic E-state index is -1.95. The molecule has 1 aliphatic carbocycles. The molecule has 1 unspecified atom stereocenters. The molecule has 1 aromatic rings. The normalized spacial score (nSPS) is 18.8. The van der Waals surface area contributed by atoms with Gasteiger partial charge in [0.25, 0.3) is 0 Å². The Hall–Kier alpha value is -0.870. The monoisotopic (exact) mass is 252 g/mol. The van der Waals surface area contributed by atoms with Crippen LogP contribution < -0.4 is 5.32 Å². The van der Waals surface area contributed by atoms with Crippen LogP contribution in [0.25, 0.3) is 0 Å². The molecule has 0 aromatic heterocycles. The van der Waals surface area contributed by atoms with Crippen LogP contribution in [0.3, 0.4) is 0 Å². The van der Waals surface area contributed by atoms with Gasteiger partial charge < -0.3 is 9.87 Å².